The standard InChI is InChI=1S/C18H22N2O5S2/c1-12-5-7-13(8-6-12)9-20-14-10-27(24,25)11-15(14)26-18(20)19-16(21)3-2-4-17(22)23/h5-8,14-15H,2-4,9-11H2,1H3,(H,22,23). The largest absolute Gasteiger partial charge is 0.481 e. The first-order valence-electron chi connectivity index (χ1n) is 8.76. The van der Waals surface area contributed by atoms with E-state index in [1.807, 2.05) is 36.1 Å². The van der Waals surface area contributed by atoms with Crippen LogP contribution >= 0.6 is 11.8 Å². The van der Waals surface area contributed by atoms with Crippen LogP contribution in [0.4, 0.5) is 0 Å². The molecular weight excluding hydrogens is 388 g/mol. The number of carboxylic acids is 1. The Morgan fingerprint density at radius 1 is 1.22 bits per heavy atom. The molecule has 2 fully saturated rings. The molecule has 1 N–H and O–H groups in total. The number of aryl methyl sites for hydroxylation is 1. The topological polar surface area (TPSA) is 104 Å². The van der Waals surface area contributed by atoms with E-state index in [1.54, 1.807) is 0 Å². The zero-order chi connectivity index (χ0) is 19.6. The molecule has 1 aromatic carbocycles. The van der Waals surface area contributed by atoms with Gasteiger partial charge in [-0.05, 0) is 18.9 Å². The number of hydrogen-bond donors (Lipinski definition) is 1. The number of carbonyl (C=O) groups excluding carboxylic acids is 1. The van der Waals surface area contributed by atoms with Crippen molar-refractivity contribution in [1.29, 1.82) is 0 Å². The molecule has 2 heterocycles. The third-order valence-electron chi connectivity index (χ3n) is 4.65. The minimum absolute atomic E-state index is 0.0691. The zero-order valence-electron chi connectivity index (χ0n) is 15.0. The summed E-state index contributed by atoms with van der Waals surface area (Å²) in [6, 6.07) is 7.78. The van der Waals surface area contributed by atoms with Gasteiger partial charge in [0, 0.05) is 24.6 Å². The number of carbonyl (C=O) groups is 2. The van der Waals surface area contributed by atoms with Gasteiger partial charge in [0.1, 0.15) is 0 Å². The van der Waals surface area contributed by atoms with Crippen molar-refractivity contribution in [1.82, 2.24) is 4.90 Å². The molecule has 146 valence electrons. The van der Waals surface area contributed by atoms with Gasteiger partial charge in [0.15, 0.2) is 15.0 Å². The SMILES string of the molecule is Cc1ccc(CN2C(=NC(=O)CCCC(=O)O)SC3CS(=O)(=O)CC32)cc1. The van der Waals surface area contributed by atoms with E-state index in [1.165, 1.54) is 11.8 Å². The summed E-state index contributed by atoms with van der Waals surface area (Å²) < 4.78 is 24.0. The Bertz CT molecular complexity index is 864. The number of rotatable bonds is 6. The summed E-state index contributed by atoms with van der Waals surface area (Å²) in [5.74, 6) is -1.14. The van der Waals surface area contributed by atoms with E-state index in [2.05, 4.69) is 4.99 Å². The lowest BCUT2D eigenvalue weighted by molar-refractivity contribution is -0.137. The van der Waals surface area contributed by atoms with Crippen molar-refractivity contribution >= 4 is 38.6 Å². The number of benzene rings is 1. The molecule has 1 amide bonds. The first kappa shape index (κ1) is 19.9. The Labute approximate surface area is 162 Å². The highest BCUT2D eigenvalue weighted by atomic mass is 32.2. The van der Waals surface area contributed by atoms with Crippen molar-refractivity contribution in [2.24, 2.45) is 4.99 Å². The lowest BCUT2D eigenvalue weighted by Gasteiger charge is -2.24. The molecule has 2 unspecified atom stereocenters. The van der Waals surface area contributed by atoms with Crippen molar-refractivity contribution in [3.05, 3.63) is 35.4 Å². The van der Waals surface area contributed by atoms with E-state index in [0.717, 1.165) is 11.1 Å². The molecule has 2 saturated heterocycles. The van der Waals surface area contributed by atoms with E-state index in [0.29, 0.717) is 11.7 Å². The van der Waals surface area contributed by atoms with Crippen LogP contribution in [0, 0.1) is 6.92 Å². The van der Waals surface area contributed by atoms with E-state index < -0.39 is 15.8 Å². The van der Waals surface area contributed by atoms with Gasteiger partial charge in [-0.15, -0.1) is 0 Å². The van der Waals surface area contributed by atoms with Crippen molar-refractivity contribution in [3.8, 4) is 0 Å². The summed E-state index contributed by atoms with van der Waals surface area (Å²) in [6.45, 7) is 2.49. The van der Waals surface area contributed by atoms with Crippen molar-refractivity contribution in [2.75, 3.05) is 11.5 Å². The first-order chi connectivity index (χ1) is 12.7. The van der Waals surface area contributed by atoms with Gasteiger partial charge in [0.2, 0.25) is 5.91 Å². The number of aliphatic imine (C=N–C) groups is 1. The summed E-state index contributed by atoms with van der Waals surface area (Å²) in [5.41, 5.74) is 2.16. The average Bonchev–Trinajstić information content (AvgIpc) is 3.02. The lowest BCUT2D eigenvalue weighted by atomic mass is 10.1. The fourth-order valence-electron chi connectivity index (χ4n) is 3.26. The molecule has 2 aliphatic heterocycles. The van der Waals surface area contributed by atoms with Crippen LogP contribution in [-0.2, 0) is 26.0 Å². The molecule has 0 bridgehead atoms. The maximum atomic E-state index is 12.1. The number of thioether (sulfide) groups is 1. The Morgan fingerprint density at radius 2 is 1.93 bits per heavy atom. The Kier molecular flexibility index (Phi) is 5.90. The minimum Gasteiger partial charge on any atom is -0.481 e. The van der Waals surface area contributed by atoms with Crippen LogP contribution in [-0.4, -0.2) is 58.3 Å². The highest BCUT2D eigenvalue weighted by molar-refractivity contribution is 8.15. The van der Waals surface area contributed by atoms with Gasteiger partial charge in [0.05, 0.1) is 17.5 Å². The second-order valence-corrected chi connectivity index (χ2v) is 10.3. The van der Waals surface area contributed by atoms with Crippen molar-refractivity contribution < 1.29 is 23.1 Å². The van der Waals surface area contributed by atoms with Crippen LogP contribution < -0.4 is 0 Å². The van der Waals surface area contributed by atoms with Crippen LogP contribution in [0.2, 0.25) is 0 Å². The Hall–Kier alpha value is -1.87. The molecule has 27 heavy (non-hydrogen) atoms. The van der Waals surface area contributed by atoms with Gasteiger partial charge in [-0.1, -0.05) is 41.6 Å². The summed E-state index contributed by atoms with van der Waals surface area (Å²) >= 11 is 1.34. The molecule has 0 aromatic heterocycles. The second kappa shape index (κ2) is 8.02. The molecule has 0 saturated carbocycles. The number of carboxylic acid groups (broad SMARTS) is 1. The number of amides is 1. The van der Waals surface area contributed by atoms with Crippen LogP contribution in [0.25, 0.3) is 0 Å². The molecule has 3 rings (SSSR count). The highest BCUT2D eigenvalue weighted by Gasteiger charge is 2.48. The van der Waals surface area contributed by atoms with Crippen LogP contribution in [0.5, 0.6) is 0 Å². The molecule has 2 atom stereocenters. The van der Waals surface area contributed by atoms with Crippen LogP contribution in [0.3, 0.4) is 0 Å². The molecule has 7 nitrogen and oxygen atoms in total. The maximum absolute atomic E-state index is 12.1. The molecule has 0 aliphatic carbocycles. The van der Waals surface area contributed by atoms with Gasteiger partial charge in [-0.3, -0.25) is 9.59 Å². The number of sulfone groups is 1. The number of nitrogens with zero attached hydrogens (tertiary/aromatic N) is 2. The zero-order valence-corrected chi connectivity index (χ0v) is 16.6. The van der Waals surface area contributed by atoms with E-state index in [-0.39, 0.29) is 48.0 Å². The predicted octanol–water partition coefficient (Wildman–Crippen LogP) is 1.85. The third-order valence-corrected chi connectivity index (χ3v) is 7.90. The Balaban J connectivity index is 1.77. The van der Waals surface area contributed by atoms with Gasteiger partial charge < -0.3 is 10.0 Å². The van der Waals surface area contributed by atoms with Gasteiger partial charge in [-0.2, -0.15) is 4.99 Å². The van der Waals surface area contributed by atoms with E-state index >= 15 is 0 Å². The third kappa shape index (κ3) is 5.10. The number of fused-ring (bicyclic) bond motifs is 1. The lowest BCUT2D eigenvalue weighted by Crippen LogP contribution is -2.37. The second-order valence-electron chi connectivity index (χ2n) is 6.95. The van der Waals surface area contributed by atoms with Gasteiger partial charge >= 0.3 is 5.97 Å². The molecular formula is C18H22N2O5S2. The van der Waals surface area contributed by atoms with Crippen LogP contribution in [0.1, 0.15) is 30.4 Å². The van der Waals surface area contributed by atoms with E-state index in [9.17, 15) is 18.0 Å². The monoisotopic (exact) mass is 410 g/mol. The molecule has 0 spiro atoms. The molecule has 9 heteroatoms. The van der Waals surface area contributed by atoms with Crippen molar-refractivity contribution in [2.45, 2.75) is 44.0 Å². The number of amidine groups is 1. The molecule has 0 radical (unpaired) electrons. The van der Waals surface area contributed by atoms with Crippen molar-refractivity contribution in [3.63, 3.8) is 0 Å². The molecule has 1 aromatic rings. The minimum atomic E-state index is -3.08. The summed E-state index contributed by atoms with van der Waals surface area (Å²) in [6.07, 6.45) is 0.248. The van der Waals surface area contributed by atoms with E-state index in [4.69, 9.17) is 5.11 Å². The van der Waals surface area contributed by atoms with Crippen LogP contribution in [0.15, 0.2) is 29.3 Å². The first-order valence-corrected chi connectivity index (χ1v) is 11.5. The maximum Gasteiger partial charge on any atom is 0.303 e. The summed E-state index contributed by atoms with van der Waals surface area (Å²) in [7, 11) is -3.08. The smallest absolute Gasteiger partial charge is 0.303 e. The van der Waals surface area contributed by atoms with Gasteiger partial charge in [0.25, 0.3) is 0 Å². The van der Waals surface area contributed by atoms with Gasteiger partial charge in [-0.25, -0.2) is 8.42 Å². The molecule has 2 aliphatic rings. The normalized spacial score (nSPS) is 24.9. The quantitative estimate of drug-likeness (QED) is 0.763. The summed E-state index contributed by atoms with van der Waals surface area (Å²) in [4.78, 5) is 28.8. The fourth-order valence-corrected chi connectivity index (χ4v) is 7.23. The highest BCUT2D eigenvalue weighted by Crippen LogP contribution is 2.39. The fraction of sp³-hybridized carbons (Fsp3) is 0.500. The number of aliphatic carboxylic acids is 1. The number of hydrogen-bond acceptors (Lipinski definition) is 5. The predicted molar refractivity (Wildman–Crippen MR) is 104 cm³/mol. The average molecular weight is 411 g/mol. The Morgan fingerprint density at radius 3 is 2.59 bits per heavy atom. The summed E-state index contributed by atoms with van der Waals surface area (Å²) in [5, 5.41) is 9.10.